The van der Waals surface area contributed by atoms with Crippen molar-refractivity contribution in [2.24, 2.45) is 5.10 Å². The van der Waals surface area contributed by atoms with Crippen LogP contribution in [0, 0.1) is 17.0 Å². The smallest absolute Gasteiger partial charge is 0.270 e. The van der Waals surface area contributed by atoms with Gasteiger partial charge in [0.15, 0.2) is 0 Å². The lowest BCUT2D eigenvalue weighted by molar-refractivity contribution is -0.384. The van der Waals surface area contributed by atoms with Crippen molar-refractivity contribution in [3.05, 3.63) is 81.6 Å². The third-order valence-corrected chi connectivity index (χ3v) is 4.23. The molecule has 0 bridgehead atoms. The number of carbonyl (C=O) groups is 1. The van der Waals surface area contributed by atoms with Gasteiger partial charge in [0.1, 0.15) is 17.3 Å². The van der Waals surface area contributed by atoms with Gasteiger partial charge in [-0.05, 0) is 42.3 Å². The van der Waals surface area contributed by atoms with Crippen molar-refractivity contribution in [2.75, 3.05) is 7.11 Å². The molecule has 2 aromatic carbocycles. The molecule has 3 aromatic rings. The van der Waals surface area contributed by atoms with Gasteiger partial charge in [-0.3, -0.25) is 14.9 Å². The second kappa shape index (κ2) is 8.83. The number of ether oxygens (including phenoxy) is 1. The average Bonchev–Trinajstić information content (AvgIpc) is 3.17. The second-order valence-corrected chi connectivity index (χ2v) is 6.28. The van der Waals surface area contributed by atoms with Crippen LogP contribution in [0.3, 0.4) is 0 Å². The predicted molar refractivity (Wildman–Crippen MR) is 108 cm³/mol. The minimum atomic E-state index is -0.452. The van der Waals surface area contributed by atoms with Crippen LogP contribution in [0.4, 0.5) is 5.69 Å². The van der Waals surface area contributed by atoms with Crippen LogP contribution in [0.2, 0.25) is 0 Å². The van der Waals surface area contributed by atoms with E-state index in [-0.39, 0.29) is 18.0 Å². The molecule has 0 aliphatic carbocycles. The first-order valence-corrected chi connectivity index (χ1v) is 8.76. The largest absolute Gasteiger partial charge is 0.497 e. The SMILES string of the molecule is COc1ccc(CC(=O)N/N=C\c2ccc(-c3cc([N+](=O)[O-])ccc3C)o2)cc1. The summed E-state index contributed by atoms with van der Waals surface area (Å²) in [5.74, 6) is 1.35. The Hall–Kier alpha value is -3.94. The molecule has 0 atom stereocenters. The first kappa shape index (κ1) is 19.8. The van der Waals surface area contributed by atoms with Crippen LogP contribution < -0.4 is 10.2 Å². The van der Waals surface area contributed by atoms with E-state index in [0.717, 1.165) is 16.9 Å². The third-order valence-electron chi connectivity index (χ3n) is 4.23. The maximum Gasteiger partial charge on any atom is 0.270 e. The van der Waals surface area contributed by atoms with Gasteiger partial charge >= 0.3 is 0 Å². The number of methoxy groups -OCH3 is 1. The first-order valence-electron chi connectivity index (χ1n) is 8.76. The summed E-state index contributed by atoms with van der Waals surface area (Å²) in [6, 6.07) is 15.1. The fourth-order valence-electron chi connectivity index (χ4n) is 2.69. The van der Waals surface area contributed by atoms with Gasteiger partial charge < -0.3 is 9.15 Å². The number of nitrogens with zero attached hydrogens (tertiary/aromatic N) is 2. The molecule has 8 heteroatoms. The highest BCUT2D eigenvalue weighted by molar-refractivity contribution is 5.82. The van der Waals surface area contributed by atoms with Crippen molar-refractivity contribution in [3.63, 3.8) is 0 Å². The van der Waals surface area contributed by atoms with Crippen molar-refractivity contribution >= 4 is 17.8 Å². The van der Waals surface area contributed by atoms with Crippen LogP contribution in [-0.4, -0.2) is 24.2 Å². The summed E-state index contributed by atoms with van der Waals surface area (Å²) < 4.78 is 10.8. The Morgan fingerprint density at radius 2 is 1.97 bits per heavy atom. The van der Waals surface area contributed by atoms with Crippen LogP contribution in [0.25, 0.3) is 11.3 Å². The standard InChI is InChI=1S/C21H19N3O5/c1-14-3-6-16(24(26)27)12-19(14)20-10-9-18(29-20)13-22-23-21(25)11-15-4-7-17(28-2)8-5-15/h3-10,12-13H,11H2,1-2H3,(H,23,25)/b22-13-. The lowest BCUT2D eigenvalue weighted by atomic mass is 10.1. The highest BCUT2D eigenvalue weighted by Gasteiger charge is 2.13. The van der Waals surface area contributed by atoms with Gasteiger partial charge in [0, 0.05) is 17.7 Å². The quantitative estimate of drug-likeness (QED) is 0.373. The molecule has 1 heterocycles. The van der Waals surface area contributed by atoms with Gasteiger partial charge in [0.05, 0.1) is 24.7 Å². The Morgan fingerprint density at radius 3 is 2.66 bits per heavy atom. The van der Waals surface area contributed by atoms with E-state index >= 15 is 0 Å². The number of rotatable bonds is 7. The number of non-ortho nitro benzene ring substituents is 1. The van der Waals surface area contributed by atoms with Crippen LogP contribution >= 0.6 is 0 Å². The van der Waals surface area contributed by atoms with E-state index in [9.17, 15) is 14.9 Å². The zero-order valence-corrected chi connectivity index (χ0v) is 15.9. The highest BCUT2D eigenvalue weighted by atomic mass is 16.6. The molecular weight excluding hydrogens is 374 g/mol. The summed E-state index contributed by atoms with van der Waals surface area (Å²) in [6.07, 6.45) is 1.56. The molecule has 1 N–H and O–H groups in total. The van der Waals surface area contributed by atoms with Gasteiger partial charge in [-0.15, -0.1) is 0 Å². The number of hydrazone groups is 1. The van der Waals surface area contributed by atoms with E-state index in [4.69, 9.17) is 9.15 Å². The number of nitrogens with one attached hydrogen (secondary N) is 1. The Kier molecular flexibility index (Phi) is 6.03. The fourth-order valence-corrected chi connectivity index (χ4v) is 2.69. The minimum absolute atomic E-state index is 0.0111. The molecule has 1 aromatic heterocycles. The Labute approximate surface area is 167 Å². The number of hydrogen-bond acceptors (Lipinski definition) is 6. The van der Waals surface area contributed by atoms with Crippen LogP contribution in [-0.2, 0) is 11.2 Å². The molecular formula is C21H19N3O5. The van der Waals surface area contributed by atoms with E-state index in [1.165, 1.54) is 18.3 Å². The molecule has 0 aliphatic rings. The number of aryl methyl sites for hydroxylation is 1. The normalized spacial score (nSPS) is 10.8. The second-order valence-electron chi connectivity index (χ2n) is 6.28. The monoisotopic (exact) mass is 393 g/mol. The lowest BCUT2D eigenvalue weighted by Gasteiger charge is -2.03. The van der Waals surface area contributed by atoms with Crippen molar-refractivity contribution in [3.8, 4) is 17.1 Å². The Morgan fingerprint density at radius 1 is 1.21 bits per heavy atom. The molecule has 0 aliphatic heterocycles. The summed E-state index contributed by atoms with van der Waals surface area (Å²) in [5, 5.41) is 14.9. The van der Waals surface area contributed by atoms with Crippen molar-refractivity contribution < 1.29 is 18.9 Å². The molecule has 3 rings (SSSR count). The number of nitro groups is 1. The van der Waals surface area contributed by atoms with Gasteiger partial charge in [-0.1, -0.05) is 18.2 Å². The number of hydrogen-bond donors (Lipinski definition) is 1. The van der Waals surface area contributed by atoms with Gasteiger partial charge in [-0.2, -0.15) is 5.10 Å². The number of carbonyl (C=O) groups excluding carboxylic acids is 1. The molecule has 1 amide bonds. The van der Waals surface area contributed by atoms with Gasteiger partial charge in [0.25, 0.3) is 5.69 Å². The first-order chi connectivity index (χ1) is 14.0. The Balaban J connectivity index is 1.62. The van der Waals surface area contributed by atoms with E-state index < -0.39 is 4.92 Å². The zero-order chi connectivity index (χ0) is 20.8. The van der Waals surface area contributed by atoms with Crippen molar-refractivity contribution in [1.29, 1.82) is 0 Å². The van der Waals surface area contributed by atoms with E-state index in [1.807, 2.05) is 19.1 Å². The summed E-state index contributed by atoms with van der Waals surface area (Å²) in [5.41, 5.74) is 4.74. The van der Waals surface area contributed by atoms with Crippen LogP contribution in [0.15, 0.2) is 64.1 Å². The molecule has 8 nitrogen and oxygen atoms in total. The van der Waals surface area contributed by atoms with Crippen LogP contribution in [0.1, 0.15) is 16.9 Å². The van der Waals surface area contributed by atoms with Crippen LogP contribution in [0.5, 0.6) is 5.75 Å². The van der Waals surface area contributed by atoms with Crippen molar-refractivity contribution in [2.45, 2.75) is 13.3 Å². The van der Waals surface area contributed by atoms with E-state index in [2.05, 4.69) is 10.5 Å². The van der Waals surface area contributed by atoms with Gasteiger partial charge in [0.2, 0.25) is 5.91 Å². The maximum atomic E-state index is 12.0. The number of nitro benzene ring substituents is 1. The summed E-state index contributed by atoms with van der Waals surface area (Å²) >= 11 is 0. The third kappa shape index (κ3) is 5.07. The van der Waals surface area contributed by atoms with Crippen molar-refractivity contribution in [1.82, 2.24) is 5.43 Å². The fraction of sp³-hybridized carbons (Fsp3) is 0.143. The molecule has 0 fully saturated rings. The number of benzene rings is 2. The molecule has 0 saturated heterocycles. The van der Waals surface area contributed by atoms with Gasteiger partial charge in [-0.25, -0.2) is 5.43 Å². The summed E-state index contributed by atoms with van der Waals surface area (Å²) in [4.78, 5) is 22.5. The molecule has 0 unspecified atom stereocenters. The molecule has 0 radical (unpaired) electrons. The molecule has 0 spiro atoms. The maximum absolute atomic E-state index is 12.0. The number of amides is 1. The lowest BCUT2D eigenvalue weighted by Crippen LogP contribution is -2.19. The van der Waals surface area contributed by atoms with E-state index in [1.54, 1.807) is 37.4 Å². The molecule has 0 saturated carbocycles. The molecule has 148 valence electrons. The minimum Gasteiger partial charge on any atom is -0.497 e. The number of furan rings is 1. The molecule has 29 heavy (non-hydrogen) atoms. The topological polar surface area (TPSA) is 107 Å². The zero-order valence-electron chi connectivity index (χ0n) is 15.9. The Bertz CT molecular complexity index is 1050. The van der Waals surface area contributed by atoms with E-state index in [0.29, 0.717) is 17.1 Å². The predicted octanol–water partition coefficient (Wildman–Crippen LogP) is 3.86. The summed E-state index contributed by atoms with van der Waals surface area (Å²) in [7, 11) is 1.58. The average molecular weight is 393 g/mol. The summed E-state index contributed by atoms with van der Waals surface area (Å²) in [6.45, 7) is 1.84. The highest BCUT2D eigenvalue weighted by Crippen LogP contribution is 2.28.